The van der Waals surface area contributed by atoms with E-state index in [0.717, 1.165) is 0 Å². The van der Waals surface area contributed by atoms with Gasteiger partial charge in [0, 0.05) is 0 Å². The molecular weight excluding hydrogens is 536 g/mol. The highest BCUT2D eigenvalue weighted by atomic mass is 35.5. The van der Waals surface area contributed by atoms with E-state index in [-0.39, 0.29) is 76.2 Å². The number of rotatable bonds is 19. The van der Waals surface area contributed by atoms with Crippen LogP contribution in [0, 0.1) is 0 Å². The SMILES string of the molecule is CCOP(=O)(CCOCC(Cn1cnc2c(Cl)nc(N)nc21)OCCP(=O)(OCC)OCC)OCC. The number of nitrogens with two attached hydrogens (primary N) is 1. The van der Waals surface area contributed by atoms with Crippen LogP contribution >= 0.6 is 26.8 Å². The van der Waals surface area contributed by atoms with Crippen LogP contribution in [0.4, 0.5) is 5.95 Å². The van der Waals surface area contributed by atoms with Gasteiger partial charge in [0.1, 0.15) is 5.52 Å². The maximum absolute atomic E-state index is 12.8. The molecule has 1 atom stereocenters. The Morgan fingerprint density at radius 1 is 0.944 bits per heavy atom. The van der Waals surface area contributed by atoms with Gasteiger partial charge in [-0.05, 0) is 27.7 Å². The number of nitrogens with zero attached hydrogens (tertiary/aromatic N) is 4. The minimum atomic E-state index is -3.28. The van der Waals surface area contributed by atoms with Crippen molar-refractivity contribution in [3.63, 3.8) is 0 Å². The maximum Gasteiger partial charge on any atom is 0.332 e. The number of anilines is 1. The van der Waals surface area contributed by atoms with Crippen molar-refractivity contribution in [1.29, 1.82) is 0 Å². The molecule has 0 bridgehead atoms. The maximum atomic E-state index is 12.8. The Hall–Kier alpha value is -1.14. The Labute approximate surface area is 216 Å². The average Bonchev–Trinajstić information content (AvgIpc) is 3.20. The normalized spacial score (nSPS) is 13.5. The Kier molecular flexibility index (Phi) is 13.2. The highest BCUT2D eigenvalue weighted by Crippen LogP contribution is 2.48. The number of halogens is 1. The zero-order valence-corrected chi connectivity index (χ0v) is 23.7. The molecule has 2 N–H and O–H groups in total. The van der Waals surface area contributed by atoms with Crippen LogP contribution in [-0.2, 0) is 43.2 Å². The van der Waals surface area contributed by atoms with Gasteiger partial charge in [-0.15, -0.1) is 0 Å². The average molecular weight is 572 g/mol. The van der Waals surface area contributed by atoms with Gasteiger partial charge in [-0.1, -0.05) is 11.6 Å². The smallest absolute Gasteiger partial charge is 0.332 e. The van der Waals surface area contributed by atoms with Crippen LogP contribution in [0.1, 0.15) is 27.7 Å². The van der Waals surface area contributed by atoms with Gasteiger partial charge in [0.05, 0.1) is 77.5 Å². The lowest BCUT2D eigenvalue weighted by atomic mass is 10.3. The van der Waals surface area contributed by atoms with Crippen molar-refractivity contribution < 1.29 is 36.7 Å². The molecule has 0 amide bonds. The van der Waals surface area contributed by atoms with Crippen molar-refractivity contribution in [1.82, 2.24) is 19.5 Å². The molecule has 0 aromatic carbocycles. The summed E-state index contributed by atoms with van der Waals surface area (Å²) in [6.45, 7) is 8.64. The van der Waals surface area contributed by atoms with Gasteiger partial charge in [-0.2, -0.15) is 9.97 Å². The second-order valence-corrected chi connectivity index (χ2v) is 12.1. The molecule has 16 heteroatoms. The highest BCUT2D eigenvalue weighted by Gasteiger charge is 2.26. The molecule has 2 aromatic rings. The molecule has 0 saturated carbocycles. The molecule has 0 aliphatic rings. The summed E-state index contributed by atoms with van der Waals surface area (Å²) in [4.78, 5) is 12.4. The summed E-state index contributed by atoms with van der Waals surface area (Å²) in [7, 11) is -6.51. The van der Waals surface area contributed by atoms with Gasteiger partial charge in [-0.25, -0.2) is 4.98 Å². The summed E-state index contributed by atoms with van der Waals surface area (Å²) in [5.74, 6) is 0.0138. The fourth-order valence-electron chi connectivity index (χ4n) is 3.27. The fraction of sp³-hybridized carbons (Fsp3) is 0.750. The summed E-state index contributed by atoms with van der Waals surface area (Å²) < 4.78 is 60.2. The van der Waals surface area contributed by atoms with Crippen LogP contribution < -0.4 is 5.73 Å². The molecule has 2 heterocycles. The molecule has 2 aromatic heterocycles. The third-order valence-electron chi connectivity index (χ3n) is 4.67. The zero-order valence-electron chi connectivity index (χ0n) is 21.1. The molecule has 2 rings (SSSR count). The number of nitrogen functional groups attached to an aromatic ring is 1. The minimum absolute atomic E-state index is 0.0138. The molecule has 0 spiro atoms. The second kappa shape index (κ2) is 15.3. The summed E-state index contributed by atoms with van der Waals surface area (Å²) in [6.07, 6.45) is 1.19. The van der Waals surface area contributed by atoms with E-state index in [2.05, 4.69) is 15.0 Å². The van der Waals surface area contributed by atoms with Crippen molar-refractivity contribution in [3.05, 3.63) is 11.5 Å². The van der Waals surface area contributed by atoms with E-state index in [0.29, 0.717) is 11.2 Å². The van der Waals surface area contributed by atoms with Gasteiger partial charge in [-0.3, -0.25) is 9.13 Å². The first kappa shape index (κ1) is 31.1. The zero-order chi connectivity index (χ0) is 26.6. The van der Waals surface area contributed by atoms with Gasteiger partial charge < -0.3 is 37.9 Å². The van der Waals surface area contributed by atoms with Gasteiger partial charge in [0.2, 0.25) is 5.95 Å². The van der Waals surface area contributed by atoms with Crippen LogP contribution in [-0.4, -0.2) is 84.2 Å². The third-order valence-corrected chi connectivity index (χ3v) is 9.00. The number of hydrogen-bond donors (Lipinski definition) is 1. The summed E-state index contributed by atoms with van der Waals surface area (Å²) in [5.41, 5.74) is 6.58. The first-order valence-electron chi connectivity index (χ1n) is 11.8. The molecule has 0 saturated heterocycles. The lowest BCUT2D eigenvalue weighted by Gasteiger charge is -2.22. The van der Waals surface area contributed by atoms with E-state index in [1.165, 1.54) is 0 Å². The first-order chi connectivity index (χ1) is 17.2. The van der Waals surface area contributed by atoms with E-state index in [9.17, 15) is 9.13 Å². The van der Waals surface area contributed by atoms with E-state index in [4.69, 9.17) is 44.9 Å². The first-order valence-corrected chi connectivity index (χ1v) is 15.6. The van der Waals surface area contributed by atoms with Gasteiger partial charge in [0.15, 0.2) is 10.8 Å². The number of imidazole rings is 1. The molecule has 206 valence electrons. The van der Waals surface area contributed by atoms with Crippen molar-refractivity contribution in [2.24, 2.45) is 0 Å². The molecule has 0 aliphatic carbocycles. The van der Waals surface area contributed by atoms with E-state index in [1.807, 2.05) is 0 Å². The van der Waals surface area contributed by atoms with Crippen LogP contribution in [0.15, 0.2) is 6.33 Å². The molecular formula is C20H36ClN5O8P2. The Morgan fingerprint density at radius 3 is 2.06 bits per heavy atom. The van der Waals surface area contributed by atoms with Crippen LogP contribution in [0.5, 0.6) is 0 Å². The molecule has 0 fully saturated rings. The monoisotopic (exact) mass is 571 g/mol. The second-order valence-electron chi connectivity index (χ2n) is 7.35. The summed E-state index contributed by atoms with van der Waals surface area (Å²) in [5, 5.41) is 0.141. The minimum Gasteiger partial charge on any atom is -0.378 e. The number of fused-ring (bicyclic) bond motifs is 1. The highest BCUT2D eigenvalue weighted by molar-refractivity contribution is 7.54. The topological polar surface area (TPSA) is 159 Å². The number of ether oxygens (including phenoxy) is 2. The van der Waals surface area contributed by atoms with Crippen LogP contribution in [0.2, 0.25) is 5.15 Å². The fourth-order valence-corrected chi connectivity index (χ4v) is 6.41. The Morgan fingerprint density at radius 2 is 1.50 bits per heavy atom. The number of aromatic nitrogens is 4. The quantitative estimate of drug-likeness (QED) is 0.147. The van der Waals surface area contributed by atoms with E-state index in [1.54, 1.807) is 38.6 Å². The summed E-state index contributed by atoms with van der Waals surface area (Å²) in [6, 6.07) is 0. The van der Waals surface area contributed by atoms with Crippen LogP contribution in [0.25, 0.3) is 11.2 Å². The van der Waals surface area contributed by atoms with E-state index < -0.39 is 21.3 Å². The lowest BCUT2D eigenvalue weighted by Crippen LogP contribution is -2.28. The van der Waals surface area contributed by atoms with Crippen molar-refractivity contribution in [2.75, 3.05) is 64.3 Å². The molecule has 0 radical (unpaired) electrons. The lowest BCUT2D eigenvalue weighted by molar-refractivity contribution is -0.0171. The molecule has 1 unspecified atom stereocenters. The molecule has 0 aliphatic heterocycles. The standard InChI is InChI=1S/C20H36ClN5O8P2/c1-5-31-35(27,32-6-2)11-9-29-14-16(30-10-12-36(28,33-7-3)34-8-4)13-26-15-23-17-18(21)24-20(22)25-19(17)26/h15-16H,5-14H2,1-4H3,(H2,22,24,25). The van der Waals surface area contributed by atoms with E-state index >= 15 is 0 Å². The summed E-state index contributed by atoms with van der Waals surface area (Å²) >= 11 is 6.13. The predicted octanol–water partition coefficient (Wildman–Crippen LogP) is 4.00. The van der Waals surface area contributed by atoms with Gasteiger partial charge >= 0.3 is 15.2 Å². The van der Waals surface area contributed by atoms with Crippen molar-refractivity contribution >= 4 is 43.9 Å². The third kappa shape index (κ3) is 9.63. The molecule has 13 nitrogen and oxygen atoms in total. The Bertz CT molecular complexity index is 1020. The molecule has 36 heavy (non-hydrogen) atoms. The van der Waals surface area contributed by atoms with Crippen molar-refractivity contribution in [3.8, 4) is 0 Å². The largest absolute Gasteiger partial charge is 0.378 e. The van der Waals surface area contributed by atoms with Gasteiger partial charge in [0.25, 0.3) is 0 Å². The predicted molar refractivity (Wildman–Crippen MR) is 137 cm³/mol. The Balaban J connectivity index is 2.09. The number of hydrogen-bond acceptors (Lipinski definition) is 12. The van der Waals surface area contributed by atoms with Crippen LogP contribution in [0.3, 0.4) is 0 Å². The van der Waals surface area contributed by atoms with Crippen molar-refractivity contribution in [2.45, 2.75) is 40.3 Å².